The normalized spacial score (nSPS) is 26.1. The van der Waals surface area contributed by atoms with Crippen LogP contribution in [0.15, 0.2) is 24.3 Å². The zero-order valence-corrected chi connectivity index (χ0v) is 19.0. The molecule has 174 valence electrons. The van der Waals surface area contributed by atoms with E-state index in [0.29, 0.717) is 25.2 Å². The first-order valence-electron chi connectivity index (χ1n) is 11.8. The van der Waals surface area contributed by atoms with E-state index in [-0.39, 0.29) is 5.91 Å². The molecular weight excluding hydrogens is 424 g/mol. The number of nitrogens with zero attached hydrogens (tertiary/aromatic N) is 2. The number of benzene rings is 1. The number of nitrogens with one attached hydrogen (secondary N) is 3. The van der Waals surface area contributed by atoms with Crippen LogP contribution in [0, 0.1) is 17.3 Å². The topological polar surface area (TPSA) is 76.8 Å². The third-order valence-electron chi connectivity index (χ3n) is 8.33. The van der Waals surface area contributed by atoms with E-state index in [2.05, 4.69) is 20.5 Å². The Bertz CT molecular complexity index is 1240. The van der Waals surface area contributed by atoms with Crippen LogP contribution in [-0.2, 0) is 17.6 Å². The first-order valence-corrected chi connectivity index (χ1v) is 11.8. The maximum atomic E-state index is 14.3. The standard InChI is InChI=1S/C25H29F2N5O/c1-24-13-20-17(12-21(24)25(24,26)27)23(31-30-20)19-10-15-3-4-16(11-18(15)29-19)32(2)22(33)9-14-5-7-28-8-6-14/h3-4,10-11,14,21,28-29H,5-9,12-13H2,1-2H3,(H,30,31)/t21-,24+/m0/s1. The van der Waals surface area contributed by atoms with Crippen molar-refractivity contribution in [3.63, 3.8) is 0 Å². The molecule has 0 radical (unpaired) electrons. The summed E-state index contributed by atoms with van der Waals surface area (Å²) >= 11 is 0. The van der Waals surface area contributed by atoms with E-state index in [1.807, 2.05) is 31.3 Å². The molecular formula is C25H29F2N5O. The first kappa shape index (κ1) is 20.8. The van der Waals surface area contributed by atoms with Gasteiger partial charge in [0.1, 0.15) is 5.69 Å². The van der Waals surface area contributed by atoms with Crippen LogP contribution in [0.4, 0.5) is 14.5 Å². The average Bonchev–Trinajstić information content (AvgIpc) is 3.21. The van der Waals surface area contributed by atoms with Crippen molar-refractivity contribution in [1.82, 2.24) is 20.5 Å². The number of H-pyrrole nitrogens is 2. The van der Waals surface area contributed by atoms with E-state index < -0.39 is 17.3 Å². The van der Waals surface area contributed by atoms with Gasteiger partial charge in [-0.3, -0.25) is 9.89 Å². The lowest BCUT2D eigenvalue weighted by Crippen LogP contribution is -2.33. The zero-order chi connectivity index (χ0) is 23.0. The molecule has 1 aromatic carbocycles. The molecule has 0 spiro atoms. The van der Waals surface area contributed by atoms with Crippen molar-refractivity contribution >= 4 is 22.5 Å². The number of aromatic nitrogens is 3. The number of alkyl halides is 2. The Morgan fingerprint density at radius 3 is 2.82 bits per heavy atom. The smallest absolute Gasteiger partial charge is 0.258 e. The minimum absolute atomic E-state index is 0.128. The van der Waals surface area contributed by atoms with Gasteiger partial charge in [0.15, 0.2) is 0 Å². The van der Waals surface area contributed by atoms with Crippen LogP contribution in [-0.4, -0.2) is 47.1 Å². The highest BCUT2D eigenvalue weighted by atomic mass is 19.3. The molecule has 1 saturated carbocycles. The predicted octanol–water partition coefficient (Wildman–Crippen LogP) is 4.28. The molecule has 2 aromatic heterocycles. The third kappa shape index (κ3) is 3.14. The molecule has 6 nitrogen and oxygen atoms in total. The monoisotopic (exact) mass is 453 g/mol. The molecule has 3 aromatic rings. The van der Waals surface area contributed by atoms with Crippen molar-refractivity contribution in [3.05, 3.63) is 35.5 Å². The fourth-order valence-corrected chi connectivity index (χ4v) is 5.90. The summed E-state index contributed by atoms with van der Waals surface area (Å²) in [6.07, 6.45) is 3.33. The molecule has 1 amide bonds. The van der Waals surface area contributed by atoms with Crippen LogP contribution in [0.5, 0.6) is 0 Å². The zero-order valence-electron chi connectivity index (χ0n) is 19.0. The lowest BCUT2D eigenvalue weighted by molar-refractivity contribution is -0.119. The molecule has 2 aliphatic carbocycles. The Morgan fingerprint density at radius 1 is 1.24 bits per heavy atom. The van der Waals surface area contributed by atoms with E-state index in [1.165, 1.54) is 0 Å². The maximum Gasteiger partial charge on any atom is 0.258 e. The molecule has 3 heterocycles. The molecule has 8 heteroatoms. The maximum absolute atomic E-state index is 14.3. The molecule has 33 heavy (non-hydrogen) atoms. The number of hydrogen-bond acceptors (Lipinski definition) is 3. The Morgan fingerprint density at radius 2 is 2.03 bits per heavy atom. The van der Waals surface area contributed by atoms with Crippen LogP contribution in [0.3, 0.4) is 0 Å². The third-order valence-corrected chi connectivity index (χ3v) is 8.33. The van der Waals surface area contributed by atoms with Gasteiger partial charge >= 0.3 is 0 Å². The van der Waals surface area contributed by atoms with Crippen molar-refractivity contribution in [2.45, 2.75) is 45.0 Å². The second-order valence-electron chi connectivity index (χ2n) is 10.3. The highest BCUT2D eigenvalue weighted by Gasteiger charge is 2.78. The van der Waals surface area contributed by atoms with Crippen LogP contribution < -0.4 is 10.2 Å². The lowest BCUT2D eigenvalue weighted by atomic mass is 9.87. The summed E-state index contributed by atoms with van der Waals surface area (Å²) in [5.41, 5.74) is 4.06. The van der Waals surface area contributed by atoms with Gasteiger partial charge in [0.05, 0.1) is 5.69 Å². The number of rotatable bonds is 4. The SMILES string of the molecule is CN(C(=O)CC1CCNCC1)c1ccc2cc(-c3n[nH]c4c3C[C@@H]3C(F)(F)[C@]3(C)C4)[nH]c2c1. The Kier molecular flexibility index (Phi) is 4.50. The summed E-state index contributed by atoms with van der Waals surface area (Å²) in [4.78, 5) is 18.0. The summed E-state index contributed by atoms with van der Waals surface area (Å²) in [6, 6.07) is 7.93. The van der Waals surface area contributed by atoms with Crippen molar-refractivity contribution < 1.29 is 13.6 Å². The van der Waals surface area contributed by atoms with E-state index in [0.717, 1.165) is 65.2 Å². The number of piperidine rings is 1. The van der Waals surface area contributed by atoms with Crippen molar-refractivity contribution in [2.75, 3.05) is 25.0 Å². The summed E-state index contributed by atoms with van der Waals surface area (Å²) in [7, 11) is 1.82. The Labute approximate surface area is 191 Å². The van der Waals surface area contributed by atoms with Crippen LogP contribution >= 0.6 is 0 Å². The Hall–Kier alpha value is -2.74. The van der Waals surface area contributed by atoms with Gasteiger partial charge < -0.3 is 15.2 Å². The minimum Gasteiger partial charge on any atom is -0.353 e. The lowest BCUT2D eigenvalue weighted by Gasteiger charge is -2.25. The number of fused-ring (bicyclic) bond motifs is 3. The van der Waals surface area contributed by atoms with Gasteiger partial charge in [-0.2, -0.15) is 5.10 Å². The van der Waals surface area contributed by atoms with Gasteiger partial charge in [-0.15, -0.1) is 0 Å². The number of carbonyl (C=O) groups excluding carboxylic acids is 1. The van der Waals surface area contributed by atoms with Crippen LogP contribution in [0.25, 0.3) is 22.3 Å². The van der Waals surface area contributed by atoms with Crippen LogP contribution in [0.2, 0.25) is 0 Å². The average molecular weight is 454 g/mol. The quantitative estimate of drug-likeness (QED) is 0.552. The highest BCUT2D eigenvalue weighted by molar-refractivity contribution is 5.96. The minimum atomic E-state index is -2.61. The number of halogens is 2. The van der Waals surface area contributed by atoms with E-state index in [4.69, 9.17) is 0 Å². The van der Waals surface area contributed by atoms with Crippen LogP contribution in [0.1, 0.15) is 37.4 Å². The van der Waals surface area contributed by atoms with E-state index in [9.17, 15) is 13.6 Å². The number of anilines is 1. The molecule has 0 bridgehead atoms. The summed E-state index contributed by atoms with van der Waals surface area (Å²) in [5.74, 6) is -2.65. The molecule has 6 rings (SSSR count). The van der Waals surface area contributed by atoms with Gasteiger partial charge in [-0.1, -0.05) is 13.0 Å². The summed E-state index contributed by atoms with van der Waals surface area (Å²) < 4.78 is 28.6. The van der Waals surface area contributed by atoms with Gasteiger partial charge in [0.25, 0.3) is 5.92 Å². The van der Waals surface area contributed by atoms with Gasteiger partial charge in [-0.25, -0.2) is 8.78 Å². The van der Waals surface area contributed by atoms with Crippen molar-refractivity contribution in [1.29, 1.82) is 0 Å². The fraction of sp³-hybridized carbons (Fsp3) is 0.520. The van der Waals surface area contributed by atoms with E-state index in [1.54, 1.807) is 11.8 Å². The molecule has 3 aliphatic rings. The molecule has 2 fully saturated rings. The van der Waals surface area contributed by atoms with Gasteiger partial charge in [0, 0.05) is 59.1 Å². The first-order chi connectivity index (χ1) is 15.8. The largest absolute Gasteiger partial charge is 0.353 e. The number of aromatic amines is 2. The van der Waals surface area contributed by atoms with Gasteiger partial charge in [0.2, 0.25) is 5.91 Å². The van der Waals surface area contributed by atoms with Crippen molar-refractivity contribution in [2.24, 2.45) is 17.3 Å². The highest BCUT2D eigenvalue weighted by Crippen LogP contribution is 2.70. The van der Waals surface area contributed by atoms with E-state index >= 15 is 0 Å². The second-order valence-corrected chi connectivity index (χ2v) is 10.3. The summed E-state index contributed by atoms with van der Waals surface area (Å²) in [6.45, 7) is 3.63. The molecule has 3 N–H and O–H groups in total. The number of carbonyl (C=O) groups is 1. The predicted molar refractivity (Wildman–Crippen MR) is 123 cm³/mol. The number of amides is 1. The number of hydrogen-bond donors (Lipinski definition) is 3. The molecule has 1 saturated heterocycles. The fourth-order valence-electron chi connectivity index (χ4n) is 5.90. The Balaban J connectivity index is 1.24. The second kappa shape index (κ2) is 7.13. The molecule has 1 aliphatic heterocycles. The van der Waals surface area contributed by atoms with Crippen molar-refractivity contribution in [3.8, 4) is 11.4 Å². The molecule has 2 atom stereocenters. The molecule has 0 unspecified atom stereocenters. The summed E-state index contributed by atoms with van der Waals surface area (Å²) in [5, 5.41) is 11.8. The van der Waals surface area contributed by atoms with Gasteiger partial charge in [-0.05, 0) is 56.5 Å².